The van der Waals surface area contributed by atoms with Crippen LogP contribution in [0.25, 0.3) is 0 Å². The first-order valence-corrected chi connectivity index (χ1v) is 6.13. The van der Waals surface area contributed by atoms with E-state index in [2.05, 4.69) is 24.2 Å². The summed E-state index contributed by atoms with van der Waals surface area (Å²) in [5, 5.41) is 3.18. The maximum absolute atomic E-state index is 13.8. The van der Waals surface area contributed by atoms with Gasteiger partial charge >= 0.3 is 0 Å². The third kappa shape index (κ3) is 3.58. The summed E-state index contributed by atoms with van der Waals surface area (Å²) in [6.07, 6.45) is 3.84. The minimum atomic E-state index is -0.351. The number of rotatable bonds is 4. The number of halogens is 1. The molecule has 0 aliphatic carbocycles. The van der Waals surface area contributed by atoms with Gasteiger partial charge in [-0.25, -0.2) is 9.38 Å². The summed E-state index contributed by atoms with van der Waals surface area (Å²) < 4.78 is 13.8. The highest BCUT2D eigenvalue weighted by atomic mass is 19.1. The minimum absolute atomic E-state index is 0.00126. The van der Waals surface area contributed by atoms with Crippen molar-refractivity contribution < 1.29 is 4.39 Å². The number of hydrogen-bond donors (Lipinski definition) is 2. The van der Waals surface area contributed by atoms with E-state index >= 15 is 0 Å². The number of nitrogens with two attached hydrogens (primary N) is 1. The van der Waals surface area contributed by atoms with E-state index in [1.165, 1.54) is 6.20 Å². The van der Waals surface area contributed by atoms with E-state index in [0.717, 1.165) is 6.42 Å². The molecule has 17 heavy (non-hydrogen) atoms. The predicted octanol–water partition coefficient (Wildman–Crippen LogP) is 2.71. The van der Waals surface area contributed by atoms with Crippen molar-refractivity contribution >= 4 is 5.84 Å². The van der Waals surface area contributed by atoms with Gasteiger partial charge in [0.1, 0.15) is 5.84 Å². The van der Waals surface area contributed by atoms with Crippen molar-refractivity contribution in [2.24, 2.45) is 22.6 Å². The average Bonchev–Trinajstić information content (AvgIpc) is 2.41. The average molecular weight is 239 g/mol. The molecule has 1 heterocycles. The molecule has 0 fully saturated rings. The molecule has 0 aromatic heterocycles. The lowest BCUT2D eigenvalue weighted by molar-refractivity contribution is 0.451. The van der Waals surface area contributed by atoms with Crippen molar-refractivity contribution in [3.8, 4) is 0 Å². The molecular weight excluding hydrogens is 217 g/mol. The molecule has 0 aromatic carbocycles. The van der Waals surface area contributed by atoms with Gasteiger partial charge in [-0.05, 0) is 25.3 Å². The Bertz CT molecular complexity index is 356. The molecule has 1 rings (SSSR count). The first kappa shape index (κ1) is 13.7. The summed E-state index contributed by atoms with van der Waals surface area (Å²) in [4.78, 5) is 3.92. The second-order valence-electron chi connectivity index (χ2n) is 4.80. The van der Waals surface area contributed by atoms with E-state index < -0.39 is 0 Å². The Morgan fingerprint density at radius 1 is 1.47 bits per heavy atom. The van der Waals surface area contributed by atoms with Gasteiger partial charge in [-0.15, -0.1) is 0 Å². The summed E-state index contributed by atoms with van der Waals surface area (Å²) >= 11 is 0. The van der Waals surface area contributed by atoms with Crippen LogP contribution >= 0.6 is 0 Å². The van der Waals surface area contributed by atoms with Gasteiger partial charge in [-0.2, -0.15) is 0 Å². The molecule has 0 aromatic rings. The van der Waals surface area contributed by atoms with Gasteiger partial charge < -0.3 is 11.1 Å². The largest absolute Gasteiger partial charge is 0.387 e. The van der Waals surface area contributed by atoms with Crippen LogP contribution in [0.1, 0.15) is 34.1 Å². The maximum Gasteiger partial charge on any atom is 0.164 e. The lowest BCUT2D eigenvalue weighted by Gasteiger charge is -2.20. The highest BCUT2D eigenvalue weighted by molar-refractivity contribution is 5.85. The van der Waals surface area contributed by atoms with Crippen LogP contribution in [-0.4, -0.2) is 11.9 Å². The molecule has 2 atom stereocenters. The van der Waals surface area contributed by atoms with Crippen molar-refractivity contribution in [3.63, 3.8) is 0 Å². The Kier molecular flexibility index (Phi) is 4.73. The molecule has 0 saturated carbocycles. The number of amidine groups is 1. The van der Waals surface area contributed by atoms with Gasteiger partial charge in [-0.3, -0.25) is 0 Å². The van der Waals surface area contributed by atoms with Crippen LogP contribution < -0.4 is 11.1 Å². The number of hydrogen-bond acceptors (Lipinski definition) is 3. The van der Waals surface area contributed by atoms with E-state index in [-0.39, 0.29) is 17.8 Å². The van der Waals surface area contributed by atoms with E-state index in [0.29, 0.717) is 17.5 Å². The van der Waals surface area contributed by atoms with Gasteiger partial charge in [-0.1, -0.05) is 20.8 Å². The lowest BCUT2D eigenvalue weighted by Crippen LogP contribution is -2.31. The van der Waals surface area contributed by atoms with Crippen molar-refractivity contribution in [1.29, 1.82) is 0 Å². The molecule has 0 radical (unpaired) electrons. The monoisotopic (exact) mass is 239 g/mol. The van der Waals surface area contributed by atoms with Crippen LogP contribution in [0.15, 0.2) is 28.8 Å². The highest BCUT2D eigenvalue weighted by Gasteiger charge is 2.17. The van der Waals surface area contributed by atoms with Gasteiger partial charge in [0.25, 0.3) is 0 Å². The molecule has 1 aliphatic rings. The molecule has 0 amide bonds. The van der Waals surface area contributed by atoms with Crippen LogP contribution in [0.4, 0.5) is 4.39 Å². The van der Waals surface area contributed by atoms with Gasteiger partial charge in [0, 0.05) is 12.0 Å². The van der Waals surface area contributed by atoms with Gasteiger partial charge in [0.15, 0.2) is 5.83 Å². The zero-order valence-electron chi connectivity index (χ0n) is 11.0. The summed E-state index contributed by atoms with van der Waals surface area (Å²) in [5.74, 6) is 0.555. The molecule has 96 valence electrons. The first-order valence-electron chi connectivity index (χ1n) is 6.13. The normalized spacial score (nSPS) is 22.5. The van der Waals surface area contributed by atoms with Gasteiger partial charge in [0.2, 0.25) is 0 Å². The molecule has 0 bridgehead atoms. The van der Waals surface area contributed by atoms with E-state index in [1.807, 2.05) is 19.9 Å². The topological polar surface area (TPSA) is 50.4 Å². The minimum Gasteiger partial charge on any atom is -0.387 e. The summed E-state index contributed by atoms with van der Waals surface area (Å²) in [6, 6.07) is 0.206. The third-order valence-corrected chi connectivity index (χ3v) is 3.16. The summed E-state index contributed by atoms with van der Waals surface area (Å²) in [7, 11) is 0. The second kappa shape index (κ2) is 5.84. The number of nitrogens with one attached hydrogen (secondary N) is 1. The van der Waals surface area contributed by atoms with Crippen molar-refractivity contribution in [1.82, 2.24) is 5.32 Å². The molecular formula is C13H22FN3. The summed E-state index contributed by atoms with van der Waals surface area (Å²) in [5.41, 5.74) is 6.27. The van der Waals surface area contributed by atoms with Crippen molar-refractivity contribution in [2.75, 3.05) is 0 Å². The van der Waals surface area contributed by atoms with E-state index in [4.69, 9.17) is 5.73 Å². The van der Waals surface area contributed by atoms with Crippen LogP contribution in [0.3, 0.4) is 0 Å². The molecule has 1 unspecified atom stereocenters. The molecule has 0 spiro atoms. The van der Waals surface area contributed by atoms with Crippen molar-refractivity contribution in [2.45, 2.75) is 40.2 Å². The Labute approximate surface area is 103 Å². The molecule has 3 N–H and O–H groups in total. The van der Waals surface area contributed by atoms with E-state index in [1.54, 1.807) is 0 Å². The number of aliphatic imine (C=N–C) groups is 1. The zero-order valence-corrected chi connectivity index (χ0v) is 11.0. The number of nitrogens with zero attached hydrogens (tertiary/aromatic N) is 1. The second-order valence-corrected chi connectivity index (χ2v) is 4.80. The number of allylic oxidation sites excluding steroid dienone is 1. The fourth-order valence-electron chi connectivity index (χ4n) is 1.52. The maximum atomic E-state index is 13.8. The van der Waals surface area contributed by atoms with Crippen LogP contribution in [-0.2, 0) is 0 Å². The van der Waals surface area contributed by atoms with Crippen LogP contribution in [0.2, 0.25) is 0 Å². The summed E-state index contributed by atoms with van der Waals surface area (Å²) in [6.45, 7) is 8.24. The molecule has 4 heteroatoms. The smallest absolute Gasteiger partial charge is 0.164 e. The lowest BCUT2D eigenvalue weighted by atomic mass is 10.0. The fraction of sp³-hybridized carbons (Fsp3) is 0.615. The fourth-order valence-corrected chi connectivity index (χ4v) is 1.52. The van der Waals surface area contributed by atoms with Crippen LogP contribution in [0.5, 0.6) is 0 Å². The van der Waals surface area contributed by atoms with Crippen LogP contribution in [0, 0.1) is 11.8 Å². The Hall–Kier alpha value is -1.32. The van der Waals surface area contributed by atoms with Gasteiger partial charge in [0.05, 0.1) is 11.9 Å². The Morgan fingerprint density at radius 3 is 2.65 bits per heavy atom. The molecule has 0 saturated heterocycles. The Morgan fingerprint density at radius 2 is 2.12 bits per heavy atom. The predicted molar refractivity (Wildman–Crippen MR) is 70.1 cm³/mol. The zero-order chi connectivity index (χ0) is 13.0. The molecule has 3 nitrogen and oxygen atoms in total. The molecule has 1 aliphatic heterocycles. The van der Waals surface area contributed by atoms with Crippen molar-refractivity contribution in [3.05, 3.63) is 23.8 Å². The first-order chi connectivity index (χ1) is 7.95. The quantitative estimate of drug-likeness (QED) is 0.792. The SMILES string of the molecule is CCC1C=C(N[C@@H](C)C(C)C)C(F)=CN=C1N. The highest BCUT2D eigenvalue weighted by Crippen LogP contribution is 2.19. The Balaban J connectivity index is 2.89. The van der Waals surface area contributed by atoms with E-state index in [9.17, 15) is 4.39 Å². The third-order valence-electron chi connectivity index (χ3n) is 3.16. The standard InChI is InChI=1S/C13H22FN3/c1-5-10-6-12(17-9(4)8(2)3)11(14)7-16-13(10)15/h6-10,17H,5H2,1-4H3,(H2,15,16)/t9-,10?/m0/s1.